The van der Waals surface area contributed by atoms with Gasteiger partial charge in [0, 0.05) is 44.0 Å². The number of ether oxygens (including phenoxy) is 1. The van der Waals surface area contributed by atoms with Crippen LogP contribution >= 0.6 is 0 Å². The number of anilines is 1. The molecule has 1 aliphatic heterocycles. The van der Waals surface area contributed by atoms with Gasteiger partial charge in [-0.2, -0.15) is 0 Å². The minimum Gasteiger partial charge on any atom is -0.494 e. The Balaban J connectivity index is 1.34. The van der Waals surface area contributed by atoms with E-state index >= 15 is 0 Å². The molecule has 1 fully saturated rings. The van der Waals surface area contributed by atoms with Gasteiger partial charge in [0.25, 0.3) is 15.9 Å². The molecule has 0 aromatic heterocycles. The fourth-order valence-corrected chi connectivity index (χ4v) is 5.12. The lowest BCUT2D eigenvalue weighted by atomic mass is 10.1. The minimum atomic E-state index is -3.84. The van der Waals surface area contributed by atoms with Crippen LogP contribution in [0.1, 0.15) is 22.8 Å². The fourth-order valence-electron chi connectivity index (χ4n) is 4.01. The summed E-state index contributed by atoms with van der Waals surface area (Å²) < 4.78 is 33.8. The van der Waals surface area contributed by atoms with Crippen molar-refractivity contribution in [1.82, 2.24) is 9.80 Å². The van der Waals surface area contributed by atoms with Crippen molar-refractivity contribution in [2.75, 3.05) is 44.1 Å². The summed E-state index contributed by atoms with van der Waals surface area (Å²) in [5.74, 6) is 0.507. The third kappa shape index (κ3) is 6.74. The van der Waals surface area contributed by atoms with Crippen LogP contribution in [0.25, 0.3) is 6.08 Å². The lowest BCUT2D eigenvalue weighted by Gasteiger charge is -2.34. The van der Waals surface area contributed by atoms with Gasteiger partial charge in [-0.1, -0.05) is 48.6 Å². The van der Waals surface area contributed by atoms with E-state index in [0.717, 1.165) is 25.2 Å². The smallest absolute Gasteiger partial charge is 0.261 e. The monoisotopic (exact) mass is 505 g/mol. The first kappa shape index (κ1) is 25.5. The molecule has 1 heterocycles. The summed E-state index contributed by atoms with van der Waals surface area (Å²) >= 11 is 0. The highest BCUT2D eigenvalue weighted by Gasteiger charge is 2.23. The molecule has 0 spiro atoms. The lowest BCUT2D eigenvalue weighted by molar-refractivity contribution is 0.0650. The van der Waals surface area contributed by atoms with Crippen molar-refractivity contribution in [3.8, 4) is 5.75 Å². The molecule has 36 heavy (non-hydrogen) atoms. The van der Waals surface area contributed by atoms with Crippen molar-refractivity contribution in [2.24, 2.45) is 0 Å². The zero-order chi connectivity index (χ0) is 25.4. The van der Waals surface area contributed by atoms with E-state index in [1.807, 2.05) is 25.1 Å². The summed E-state index contributed by atoms with van der Waals surface area (Å²) in [6, 6.07) is 23.0. The van der Waals surface area contributed by atoms with Crippen LogP contribution in [0.3, 0.4) is 0 Å². The number of carbonyl (C=O) groups excluding carboxylic acids is 1. The van der Waals surface area contributed by atoms with Gasteiger partial charge in [0.05, 0.1) is 11.5 Å². The van der Waals surface area contributed by atoms with Gasteiger partial charge in [-0.15, -0.1) is 0 Å². The van der Waals surface area contributed by atoms with E-state index < -0.39 is 10.0 Å². The van der Waals surface area contributed by atoms with Crippen molar-refractivity contribution in [3.63, 3.8) is 0 Å². The first-order valence-corrected chi connectivity index (χ1v) is 13.5. The van der Waals surface area contributed by atoms with Gasteiger partial charge >= 0.3 is 0 Å². The SMILES string of the molecule is CCOc1ccc(NS(=O)(=O)c2cccc(C(=O)N3CCN(C/C=C/c4ccccc4)CC3)c2)cc1. The van der Waals surface area contributed by atoms with Gasteiger partial charge in [-0.05, 0) is 55.0 Å². The number of amides is 1. The molecular formula is C28H31N3O4S. The van der Waals surface area contributed by atoms with Crippen LogP contribution in [-0.4, -0.2) is 63.5 Å². The van der Waals surface area contributed by atoms with E-state index in [1.54, 1.807) is 41.3 Å². The van der Waals surface area contributed by atoms with E-state index in [2.05, 4.69) is 33.9 Å². The molecule has 0 atom stereocenters. The van der Waals surface area contributed by atoms with Gasteiger partial charge < -0.3 is 9.64 Å². The van der Waals surface area contributed by atoms with Crippen molar-refractivity contribution < 1.29 is 17.9 Å². The molecule has 0 radical (unpaired) electrons. The van der Waals surface area contributed by atoms with Crippen LogP contribution in [0.2, 0.25) is 0 Å². The second-order valence-electron chi connectivity index (χ2n) is 8.50. The average Bonchev–Trinajstić information content (AvgIpc) is 2.90. The maximum Gasteiger partial charge on any atom is 0.261 e. The zero-order valence-corrected chi connectivity index (χ0v) is 21.2. The fraction of sp³-hybridized carbons (Fsp3) is 0.250. The van der Waals surface area contributed by atoms with Gasteiger partial charge in [0.2, 0.25) is 0 Å². The number of hydrogen-bond acceptors (Lipinski definition) is 5. The van der Waals surface area contributed by atoms with Crippen LogP contribution in [0.15, 0.2) is 89.8 Å². The van der Waals surface area contributed by atoms with Crippen molar-refractivity contribution in [3.05, 3.63) is 96.1 Å². The van der Waals surface area contributed by atoms with E-state index in [4.69, 9.17) is 4.74 Å². The zero-order valence-electron chi connectivity index (χ0n) is 20.3. The van der Waals surface area contributed by atoms with Crippen LogP contribution in [0.4, 0.5) is 5.69 Å². The number of rotatable bonds is 9. The Morgan fingerprint density at radius 3 is 2.36 bits per heavy atom. The maximum absolute atomic E-state index is 13.1. The molecule has 4 rings (SSSR count). The number of hydrogen-bond donors (Lipinski definition) is 1. The molecule has 1 saturated heterocycles. The van der Waals surface area contributed by atoms with Crippen molar-refractivity contribution >= 4 is 27.7 Å². The molecule has 0 bridgehead atoms. The van der Waals surface area contributed by atoms with E-state index in [-0.39, 0.29) is 10.8 Å². The number of carbonyl (C=O) groups is 1. The quantitative estimate of drug-likeness (QED) is 0.468. The molecule has 3 aromatic rings. The van der Waals surface area contributed by atoms with Crippen LogP contribution in [-0.2, 0) is 10.0 Å². The molecule has 0 aliphatic carbocycles. The van der Waals surface area contributed by atoms with E-state index in [1.165, 1.54) is 12.1 Å². The van der Waals surface area contributed by atoms with Crippen LogP contribution in [0.5, 0.6) is 5.75 Å². The number of benzene rings is 3. The van der Waals surface area contributed by atoms with Gasteiger partial charge in [0.1, 0.15) is 5.75 Å². The van der Waals surface area contributed by atoms with Gasteiger partial charge in [-0.3, -0.25) is 14.4 Å². The second kappa shape index (κ2) is 11.9. The summed E-state index contributed by atoms with van der Waals surface area (Å²) in [5.41, 5.74) is 1.95. The topological polar surface area (TPSA) is 78.9 Å². The largest absolute Gasteiger partial charge is 0.494 e. The Hall–Kier alpha value is -3.62. The Labute approximate surface area is 213 Å². The lowest BCUT2D eigenvalue weighted by Crippen LogP contribution is -2.48. The van der Waals surface area contributed by atoms with Crippen LogP contribution < -0.4 is 9.46 Å². The second-order valence-corrected chi connectivity index (χ2v) is 10.2. The van der Waals surface area contributed by atoms with E-state index in [0.29, 0.717) is 36.7 Å². The molecular weight excluding hydrogens is 474 g/mol. The molecule has 0 unspecified atom stereocenters. The number of sulfonamides is 1. The third-order valence-electron chi connectivity index (χ3n) is 5.94. The highest BCUT2D eigenvalue weighted by molar-refractivity contribution is 7.92. The summed E-state index contributed by atoms with van der Waals surface area (Å²) in [5, 5.41) is 0. The molecule has 1 N–H and O–H groups in total. The summed E-state index contributed by atoms with van der Waals surface area (Å²) in [6.07, 6.45) is 4.24. The van der Waals surface area contributed by atoms with Gasteiger partial charge in [-0.25, -0.2) is 8.42 Å². The first-order chi connectivity index (χ1) is 17.4. The predicted octanol–water partition coefficient (Wildman–Crippen LogP) is 4.36. The average molecular weight is 506 g/mol. The molecule has 7 nitrogen and oxygen atoms in total. The summed E-state index contributed by atoms with van der Waals surface area (Å²) in [6.45, 7) is 5.96. The molecule has 1 aliphatic rings. The molecule has 3 aromatic carbocycles. The maximum atomic E-state index is 13.1. The number of nitrogens with one attached hydrogen (secondary N) is 1. The highest BCUT2D eigenvalue weighted by atomic mass is 32.2. The van der Waals surface area contributed by atoms with Crippen LogP contribution in [0, 0.1) is 0 Å². The normalized spacial score (nSPS) is 14.6. The molecule has 188 valence electrons. The first-order valence-electron chi connectivity index (χ1n) is 12.0. The molecule has 1 amide bonds. The summed E-state index contributed by atoms with van der Waals surface area (Å²) in [7, 11) is -3.84. The Morgan fingerprint density at radius 1 is 0.944 bits per heavy atom. The standard InChI is InChI=1S/C28H31N3O4S/c1-2-35-26-15-13-25(14-16-26)29-36(33,34)27-12-6-11-24(22-27)28(32)31-20-18-30(19-21-31)17-7-10-23-8-4-3-5-9-23/h3-16,22,29H,2,17-21H2,1H3/b10-7+. The Bertz CT molecular complexity index is 1280. The third-order valence-corrected chi connectivity index (χ3v) is 7.32. The Morgan fingerprint density at radius 2 is 1.67 bits per heavy atom. The number of nitrogens with zero attached hydrogens (tertiary/aromatic N) is 2. The minimum absolute atomic E-state index is 0.0481. The molecule has 8 heteroatoms. The van der Waals surface area contributed by atoms with Crippen molar-refractivity contribution in [1.29, 1.82) is 0 Å². The van der Waals surface area contributed by atoms with E-state index in [9.17, 15) is 13.2 Å². The number of piperazine rings is 1. The summed E-state index contributed by atoms with van der Waals surface area (Å²) in [4.78, 5) is 17.2. The highest BCUT2D eigenvalue weighted by Crippen LogP contribution is 2.21. The Kier molecular flexibility index (Phi) is 8.40. The molecule has 0 saturated carbocycles. The van der Waals surface area contributed by atoms with Crippen molar-refractivity contribution in [2.45, 2.75) is 11.8 Å². The predicted molar refractivity (Wildman–Crippen MR) is 143 cm³/mol. The van der Waals surface area contributed by atoms with Gasteiger partial charge in [0.15, 0.2) is 0 Å².